The first-order valence-corrected chi connectivity index (χ1v) is 1.97. The van der Waals surface area contributed by atoms with E-state index in [9.17, 15) is 4.79 Å². The predicted octanol–water partition coefficient (Wildman–Crippen LogP) is -0.426. The van der Waals surface area contributed by atoms with E-state index >= 15 is 0 Å². The summed E-state index contributed by atoms with van der Waals surface area (Å²) in [7, 11) is 0. The van der Waals surface area contributed by atoms with E-state index in [1.54, 1.807) is 0 Å². The minimum atomic E-state index is -0.704. The summed E-state index contributed by atoms with van der Waals surface area (Å²) in [4.78, 5) is 17.0. The Morgan fingerprint density at radius 3 is 2.57 bits per heavy atom. The van der Waals surface area contributed by atoms with Gasteiger partial charge in [0, 0.05) is 0 Å². The highest BCUT2D eigenvalue weighted by Gasteiger charge is 1.96. The van der Waals surface area contributed by atoms with Crippen LogP contribution < -0.4 is 5.90 Å². The van der Waals surface area contributed by atoms with Gasteiger partial charge in [0.15, 0.2) is 0 Å². The number of hydrogen-bond donors (Lipinski definition) is 1. The second-order valence-corrected chi connectivity index (χ2v) is 0.952. The van der Waals surface area contributed by atoms with Gasteiger partial charge in [-0.3, -0.25) is 4.89 Å². The van der Waals surface area contributed by atoms with Crippen molar-refractivity contribution in [1.29, 1.82) is 0 Å². The second-order valence-electron chi connectivity index (χ2n) is 0.685. The number of carbonyl (C=O) groups excluding carboxylic acids is 1. The van der Waals surface area contributed by atoms with Crippen LogP contribution in [-0.2, 0) is 14.7 Å². The fourth-order valence-corrected chi connectivity index (χ4v) is 0.120. The summed E-state index contributed by atoms with van der Waals surface area (Å²) in [5.74, 6) is 3.35. The van der Waals surface area contributed by atoms with Gasteiger partial charge in [0.1, 0.15) is 5.88 Å². The van der Waals surface area contributed by atoms with Gasteiger partial charge in [-0.2, -0.15) is 5.90 Å². The molecule has 0 heterocycles. The van der Waals surface area contributed by atoms with E-state index in [0.717, 1.165) is 0 Å². The number of rotatable bonds is 2. The van der Waals surface area contributed by atoms with Crippen molar-refractivity contribution in [3.8, 4) is 0 Å². The fraction of sp³-hybridized carbons (Fsp3) is 0.500. The first-order valence-electron chi connectivity index (χ1n) is 1.43. The molecule has 0 amide bonds. The maximum atomic E-state index is 9.85. The topological polar surface area (TPSA) is 61.6 Å². The van der Waals surface area contributed by atoms with E-state index < -0.39 is 5.97 Å². The summed E-state index contributed by atoms with van der Waals surface area (Å²) in [6.07, 6.45) is 0. The molecule has 0 bridgehead atoms. The minimum absolute atomic E-state index is 0.253. The molecule has 0 aliphatic heterocycles. The van der Waals surface area contributed by atoms with Gasteiger partial charge in [-0.25, -0.2) is 4.79 Å². The molecule has 0 radical (unpaired) electrons. The van der Waals surface area contributed by atoms with Crippen molar-refractivity contribution in [1.82, 2.24) is 0 Å². The molecule has 42 valence electrons. The number of nitrogens with two attached hydrogens (primary N) is 1. The molecule has 0 rings (SSSR count). The monoisotopic (exact) mass is 125 g/mol. The Bertz CT molecular complexity index is 66.0. The van der Waals surface area contributed by atoms with Crippen LogP contribution in [0.4, 0.5) is 0 Å². The minimum Gasteiger partial charge on any atom is -0.279 e. The standard InChI is InChI=1S/C2H4ClNO3/c3-1-2(5)6-7-4/h1,4H2. The third-order valence-corrected chi connectivity index (χ3v) is 0.468. The average Bonchev–Trinajstić information content (AvgIpc) is 1.68. The zero-order chi connectivity index (χ0) is 5.70. The summed E-state index contributed by atoms with van der Waals surface area (Å²) < 4.78 is 0. The van der Waals surface area contributed by atoms with Crippen LogP contribution in [0.15, 0.2) is 0 Å². The van der Waals surface area contributed by atoms with Crippen LogP contribution in [0, 0.1) is 0 Å². The summed E-state index contributed by atoms with van der Waals surface area (Å²) in [5.41, 5.74) is 0. The van der Waals surface area contributed by atoms with E-state index in [4.69, 9.17) is 11.6 Å². The van der Waals surface area contributed by atoms with Crippen molar-refractivity contribution in [2.75, 3.05) is 5.88 Å². The van der Waals surface area contributed by atoms with Crippen LogP contribution in [0.2, 0.25) is 0 Å². The smallest absolute Gasteiger partial charge is 0.279 e. The number of alkyl halides is 1. The van der Waals surface area contributed by atoms with E-state index in [0.29, 0.717) is 0 Å². The molecule has 0 aromatic rings. The first kappa shape index (κ1) is 6.68. The number of hydrogen-bond acceptors (Lipinski definition) is 4. The zero-order valence-electron chi connectivity index (χ0n) is 3.39. The maximum absolute atomic E-state index is 9.85. The van der Waals surface area contributed by atoms with Gasteiger partial charge in [0.25, 0.3) is 0 Å². The highest BCUT2D eigenvalue weighted by molar-refractivity contribution is 6.26. The SMILES string of the molecule is NOOC(=O)CCl. The highest BCUT2D eigenvalue weighted by Crippen LogP contribution is 1.78. The molecule has 0 aliphatic carbocycles. The van der Waals surface area contributed by atoms with Gasteiger partial charge in [0.2, 0.25) is 0 Å². The molecule has 2 N–H and O–H groups in total. The lowest BCUT2D eigenvalue weighted by Gasteiger charge is -1.89. The van der Waals surface area contributed by atoms with Gasteiger partial charge >= 0.3 is 5.97 Å². The summed E-state index contributed by atoms with van der Waals surface area (Å²) in [6.45, 7) is 0. The molecule has 0 aliphatic rings. The maximum Gasteiger partial charge on any atom is 0.359 e. The van der Waals surface area contributed by atoms with E-state index in [2.05, 4.69) is 15.8 Å². The third-order valence-electron chi connectivity index (χ3n) is 0.250. The molecule has 0 fully saturated rings. The summed E-state index contributed by atoms with van der Waals surface area (Å²) in [6, 6.07) is 0. The number of carbonyl (C=O) groups is 1. The Hall–Kier alpha value is -0.320. The zero-order valence-corrected chi connectivity index (χ0v) is 4.14. The van der Waals surface area contributed by atoms with Crippen LogP contribution in [0.1, 0.15) is 0 Å². The van der Waals surface area contributed by atoms with Gasteiger partial charge < -0.3 is 0 Å². The molecule has 0 unspecified atom stereocenters. The Balaban J connectivity index is 3.00. The van der Waals surface area contributed by atoms with Gasteiger partial charge in [-0.15, -0.1) is 11.6 Å². The van der Waals surface area contributed by atoms with Crippen molar-refractivity contribution >= 4 is 17.6 Å². The molecule has 5 heteroatoms. The average molecular weight is 126 g/mol. The van der Waals surface area contributed by atoms with Crippen LogP contribution in [0.3, 0.4) is 0 Å². The van der Waals surface area contributed by atoms with Gasteiger partial charge in [0.05, 0.1) is 0 Å². The molecular formula is C2H4ClNO3. The van der Waals surface area contributed by atoms with Crippen molar-refractivity contribution in [3.63, 3.8) is 0 Å². The summed E-state index contributed by atoms with van der Waals surface area (Å²) in [5, 5.41) is 0. The molecule has 0 aromatic heterocycles. The van der Waals surface area contributed by atoms with Crippen LogP contribution in [-0.4, -0.2) is 11.8 Å². The highest BCUT2D eigenvalue weighted by atomic mass is 35.5. The molecular weight excluding hydrogens is 121 g/mol. The molecule has 4 nitrogen and oxygen atoms in total. The molecule has 0 spiro atoms. The lowest BCUT2D eigenvalue weighted by molar-refractivity contribution is -0.273. The van der Waals surface area contributed by atoms with Crippen molar-refractivity contribution in [2.24, 2.45) is 5.90 Å². The van der Waals surface area contributed by atoms with Crippen LogP contribution >= 0.6 is 11.6 Å². The van der Waals surface area contributed by atoms with E-state index in [1.165, 1.54) is 0 Å². The van der Waals surface area contributed by atoms with E-state index in [-0.39, 0.29) is 5.88 Å². The Labute approximate surface area is 45.0 Å². The van der Waals surface area contributed by atoms with Crippen molar-refractivity contribution in [3.05, 3.63) is 0 Å². The third kappa shape index (κ3) is 3.51. The van der Waals surface area contributed by atoms with Crippen LogP contribution in [0.5, 0.6) is 0 Å². The van der Waals surface area contributed by atoms with E-state index in [1.807, 2.05) is 0 Å². The Morgan fingerprint density at radius 2 is 2.43 bits per heavy atom. The quantitative estimate of drug-likeness (QED) is 0.309. The van der Waals surface area contributed by atoms with Gasteiger partial charge in [-0.05, 0) is 0 Å². The van der Waals surface area contributed by atoms with Crippen LogP contribution in [0.25, 0.3) is 0 Å². The molecule has 0 saturated carbocycles. The molecule has 0 saturated heterocycles. The summed E-state index contributed by atoms with van der Waals surface area (Å²) >= 11 is 4.92. The lowest BCUT2D eigenvalue weighted by atomic mass is 10.8. The molecule has 0 atom stereocenters. The first-order chi connectivity index (χ1) is 3.31. The van der Waals surface area contributed by atoms with Crippen molar-refractivity contribution < 1.29 is 14.7 Å². The molecule has 7 heavy (non-hydrogen) atoms. The number of halogens is 1. The predicted molar refractivity (Wildman–Crippen MR) is 22.1 cm³/mol. The Kier molecular flexibility index (Phi) is 3.68. The fourth-order valence-electron chi connectivity index (χ4n) is 0.0759. The second kappa shape index (κ2) is 3.86. The molecule has 0 aromatic carbocycles. The van der Waals surface area contributed by atoms with Gasteiger partial charge in [-0.1, -0.05) is 4.99 Å². The van der Waals surface area contributed by atoms with Crippen molar-refractivity contribution in [2.45, 2.75) is 0 Å². The Morgan fingerprint density at radius 1 is 1.86 bits per heavy atom. The lowest BCUT2D eigenvalue weighted by Crippen LogP contribution is -2.09. The largest absolute Gasteiger partial charge is 0.359 e. The normalized spacial score (nSPS) is 8.29.